The first-order valence-electron chi connectivity index (χ1n) is 8.75. The topological polar surface area (TPSA) is 58.6 Å². The van der Waals surface area contributed by atoms with Gasteiger partial charge in [-0.15, -0.1) is 0 Å². The summed E-state index contributed by atoms with van der Waals surface area (Å²) < 4.78 is 5.87. The van der Waals surface area contributed by atoms with Crippen LogP contribution in [0.4, 0.5) is 5.95 Å². The number of rotatable bonds is 3. The molecule has 24 heavy (non-hydrogen) atoms. The fraction of sp³-hybridized carbons (Fsp3) is 0.611. The van der Waals surface area contributed by atoms with Crippen molar-refractivity contribution < 1.29 is 9.53 Å². The molecule has 1 atom stereocenters. The minimum Gasteiger partial charge on any atom is -0.368 e. The maximum Gasteiger partial charge on any atom is 0.249 e. The van der Waals surface area contributed by atoms with Crippen LogP contribution in [0.1, 0.15) is 43.9 Å². The third-order valence-electron chi connectivity index (χ3n) is 4.56. The Morgan fingerprint density at radius 1 is 1.33 bits per heavy atom. The molecule has 1 fully saturated rings. The molecule has 0 bridgehead atoms. The summed E-state index contributed by atoms with van der Waals surface area (Å²) in [6.07, 6.45) is 9.14. The van der Waals surface area contributed by atoms with Crippen LogP contribution in [0.2, 0.25) is 0 Å². The summed E-state index contributed by atoms with van der Waals surface area (Å²) in [7, 11) is 3.82. The summed E-state index contributed by atoms with van der Waals surface area (Å²) in [6, 6.07) is 1.87. The second kappa shape index (κ2) is 7.75. The zero-order chi connectivity index (χ0) is 16.9. The summed E-state index contributed by atoms with van der Waals surface area (Å²) in [5.74, 6) is 0.832. The van der Waals surface area contributed by atoms with Crippen molar-refractivity contribution in [3.63, 3.8) is 0 Å². The van der Waals surface area contributed by atoms with Gasteiger partial charge in [0, 0.05) is 32.4 Å². The highest BCUT2D eigenvalue weighted by atomic mass is 16.5. The number of nitrogens with zero attached hydrogens (tertiary/aromatic N) is 4. The average Bonchev–Trinajstić information content (AvgIpc) is 2.90. The maximum atomic E-state index is 12.8. The Morgan fingerprint density at radius 2 is 2.21 bits per heavy atom. The molecular weight excluding hydrogens is 304 g/mol. The van der Waals surface area contributed by atoms with Gasteiger partial charge in [-0.3, -0.25) is 4.79 Å². The summed E-state index contributed by atoms with van der Waals surface area (Å²) in [5, 5.41) is 0. The molecule has 0 spiro atoms. The highest BCUT2D eigenvalue weighted by Gasteiger charge is 2.28. The highest BCUT2D eigenvalue weighted by molar-refractivity contribution is 5.93. The summed E-state index contributed by atoms with van der Waals surface area (Å²) >= 11 is 0. The molecule has 0 N–H and O–H groups in total. The Kier molecular flexibility index (Phi) is 5.45. The minimum atomic E-state index is -0.184. The van der Waals surface area contributed by atoms with Gasteiger partial charge in [0.1, 0.15) is 6.10 Å². The average molecular weight is 330 g/mol. The Hall–Kier alpha value is -1.95. The number of carbonyl (C=O) groups is 1. The SMILES string of the molecule is CN(C)c1nccc([C@@H]2CN(C(=O)C3=CCCCCC3)CCO2)n1. The van der Waals surface area contributed by atoms with E-state index in [1.807, 2.05) is 30.0 Å². The number of anilines is 1. The minimum absolute atomic E-state index is 0.173. The Balaban J connectivity index is 1.71. The Labute approximate surface area is 143 Å². The van der Waals surface area contributed by atoms with E-state index in [2.05, 4.69) is 16.0 Å². The molecule has 0 radical (unpaired) electrons. The van der Waals surface area contributed by atoms with Crippen molar-refractivity contribution in [2.24, 2.45) is 0 Å². The standard InChI is InChI=1S/C18H26N4O2/c1-21(2)18-19-10-9-15(20-18)16-13-22(11-12-24-16)17(23)14-7-5-3-4-6-8-14/h7,9-10,16H,3-6,8,11-13H2,1-2H3/t16-/m0/s1. The van der Waals surface area contributed by atoms with Crippen LogP contribution >= 0.6 is 0 Å². The molecule has 1 aromatic rings. The third-order valence-corrected chi connectivity index (χ3v) is 4.56. The predicted molar refractivity (Wildman–Crippen MR) is 92.8 cm³/mol. The number of hydrogen-bond donors (Lipinski definition) is 0. The molecule has 6 heteroatoms. The molecule has 1 aromatic heterocycles. The summed E-state index contributed by atoms with van der Waals surface area (Å²) in [4.78, 5) is 25.4. The van der Waals surface area contributed by atoms with Gasteiger partial charge >= 0.3 is 0 Å². The zero-order valence-electron chi connectivity index (χ0n) is 14.6. The van der Waals surface area contributed by atoms with Gasteiger partial charge in [0.25, 0.3) is 0 Å². The van der Waals surface area contributed by atoms with Gasteiger partial charge in [-0.2, -0.15) is 0 Å². The first-order valence-corrected chi connectivity index (χ1v) is 8.75. The molecule has 1 saturated heterocycles. The van der Waals surface area contributed by atoms with Gasteiger partial charge < -0.3 is 14.5 Å². The van der Waals surface area contributed by atoms with Gasteiger partial charge in [0.15, 0.2) is 0 Å². The number of ether oxygens (including phenoxy) is 1. The number of carbonyl (C=O) groups excluding carboxylic acids is 1. The lowest BCUT2D eigenvalue weighted by Crippen LogP contribution is -2.43. The fourth-order valence-electron chi connectivity index (χ4n) is 3.18. The first-order chi connectivity index (χ1) is 11.6. The number of amides is 1. The highest BCUT2D eigenvalue weighted by Crippen LogP contribution is 2.25. The molecule has 6 nitrogen and oxygen atoms in total. The molecule has 3 rings (SSSR count). The van der Waals surface area contributed by atoms with E-state index in [1.54, 1.807) is 6.20 Å². The second-order valence-electron chi connectivity index (χ2n) is 6.62. The van der Waals surface area contributed by atoms with E-state index in [0.29, 0.717) is 25.6 Å². The molecule has 0 saturated carbocycles. The predicted octanol–water partition coefficient (Wildman–Crippen LogP) is 2.33. The van der Waals surface area contributed by atoms with Crippen LogP contribution in [0.15, 0.2) is 23.9 Å². The van der Waals surface area contributed by atoms with Crippen LogP contribution in [0.5, 0.6) is 0 Å². The number of aromatic nitrogens is 2. The van der Waals surface area contributed by atoms with Crippen LogP contribution in [0, 0.1) is 0 Å². The van der Waals surface area contributed by atoms with Gasteiger partial charge in [0.05, 0.1) is 18.8 Å². The smallest absolute Gasteiger partial charge is 0.249 e. The molecule has 2 heterocycles. The van der Waals surface area contributed by atoms with E-state index in [1.165, 1.54) is 12.8 Å². The van der Waals surface area contributed by atoms with Gasteiger partial charge in [-0.25, -0.2) is 9.97 Å². The van der Waals surface area contributed by atoms with Crippen molar-refractivity contribution in [1.29, 1.82) is 0 Å². The van der Waals surface area contributed by atoms with E-state index in [9.17, 15) is 4.79 Å². The van der Waals surface area contributed by atoms with Gasteiger partial charge in [0.2, 0.25) is 11.9 Å². The molecule has 1 aliphatic heterocycles. The number of morpholine rings is 1. The zero-order valence-corrected chi connectivity index (χ0v) is 14.6. The van der Waals surface area contributed by atoms with Crippen molar-refractivity contribution in [2.45, 2.75) is 38.2 Å². The normalized spacial score (nSPS) is 21.8. The quantitative estimate of drug-likeness (QED) is 0.851. The lowest BCUT2D eigenvalue weighted by molar-refractivity contribution is -0.135. The maximum absolute atomic E-state index is 12.8. The summed E-state index contributed by atoms with van der Waals surface area (Å²) in [5.41, 5.74) is 1.81. The summed E-state index contributed by atoms with van der Waals surface area (Å²) in [6.45, 7) is 1.75. The lowest BCUT2D eigenvalue weighted by atomic mass is 10.1. The van der Waals surface area contributed by atoms with E-state index >= 15 is 0 Å². The number of allylic oxidation sites excluding steroid dienone is 1. The molecule has 1 amide bonds. The van der Waals surface area contributed by atoms with Crippen molar-refractivity contribution >= 4 is 11.9 Å². The third kappa shape index (κ3) is 3.93. The molecule has 1 aliphatic carbocycles. The largest absolute Gasteiger partial charge is 0.368 e. The monoisotopic (exact) mass is 330 g/mol. The molecule has 0 unspecified atom stereocenters. The number of hydrogen-bond acceptors (Lipinski definition) is 5. The van der Waals surface area contributed by atoms with Crippen LogP contribution < -0.4 is 4.90 Å². The van der Waals surface area contributed by atoms with Gasteiger partial charge in [-0.05, 0) is 31.7 Å². The second-order valence-corrected chi connectivity index (χ2v) is 6.62. The van der Waals surface area contributed by atoms with E-state index in [4.69, 9.17) is 4.74 Å². The van der Waals surface area contributed by atoms with Crippen LogP contribution in [-0.2, 0) is 9.53 Å². The Morgan fingerprint density at radius 3 is 3.04 bits per heavy atom. The van der Waals surface area contributed by atoms with Crippen molar-refractivity contribution in [3.8, 4) is 0 Å². The van der Waals surface area contributed by atoms with Crippen LogP contribution in [-0.4, -0.2) is 54.6 Å². The van der Waals surface area contributed by atoms with E-state index in [0.717, 1.165) is 30.5 Å². The molecule has 130 valence electrons. The van der Waals surface area contributed by atoms with Gasteiger partial charge in [-0.1, -0.05) is 12.5 Å². The van der Waals surface area contributed by atoms with Crippen LogP contribution in [0.3, 0.4) is 0 Å². The van der Waals surface area contributed by atoms with E-state index in [-0.39, 0.29) is 12.0 Å². The van der Waals surface area contributed by atoms with E-state index < -0.39 is 0 Å². The lowest BCUT2D eigenvalue weighted by Gasteiger charge is -2.33. The Bertz CT molecular complexity index is 615. The molecular formula is C18H26N4O2. The van der Waals surface area contributed by atoms with Crippen molar-refractivity contribution in [2.75, 3.05) is 38.7 Å². The van der Waals surface area contributed by atoms with Crippen molar-refractivity contribution in [3.05, 3.63) is 29.6 Å². The molecule has 2 aliphatic rings. The fourth-order valence-corrected chi connectivity index (χ4v) is 3.18. The first kappa shape index (κ1) is 16.9. The van der Waals surface area contributed by atoms with Crippen LogP contribution in [0.25, 0.3) is 0 Å². The van der Waals surface area contributed by atoms with Crippen molar-refractivity contribution in [1.82, 2.24) is 14.9 Å². The molecule has 0 aromatic carbocycles.